The fraction of sp³-hybridized carbons (Fsp3) is 0.400. The van der Waals surface area contributed by atoms with E-state index < -0.39 is 0 Å². The van der Waals surface area contributed by atoms with Crippen LogP contribution in [0.2, 0.25) is 5.02 Å². The van der Waals surface area contributed by atoms with Gasteiger partial charge in [0.2, 0.25) is 0 Å². The molecule has 3 nitrogen and oxygen atoms in total. The Morgan fingerprint density at radius 2 is 2.21 bits per heavy atom. The minimum atomic E-state index is -0.197. The highest BCUT2D eigenvalue weighted by atomic mass is 35.5. The molecule has 0 radical (unpaired) electrons. The van der Waals surface area contributed by atoms with E-state index in [1.165, 1.54) is 0 Å². The van der Waals surface area contributed by atoms with Crippen LogP contribution in [0, 0.1) is 0 Å². The zero-order valence-corrected chi connectivity index (χ0v) is 11.8. The zero-order valence-electron chi connectivity index (χ0n) is 11.0. The molecule has 0 unspecified atom stereocenters. The first-order valence-electron chi connectivity index (χ1n) is 6.62. The van der Waals surface area contributed by atoms with E-state index in [1.807, 2.05) is 24.4 Å². The van der Waals surface area contributed by atoms with E-state index in [0.717, 1.165) is 35.7 Å². The van der Waals surface area contributed by atoms with Gasteiger partial charge in [-0.25, -0.2) is 0 Å². The predicted molar refractivity (Wildman–Crippen MR) is 77.5 cm³/mol. The van der Waals surface area contributed by atoms with Crippen molar-refractivity contribution in [1.29, 1.82) is 0 Å². The molecule has 0 saturated heterocycles. The van der Waals surface area contributed by atoms with Crippen LogP contribution in [0.1, 0.15) is 31.7 Å². The van der Waals surface area contributed by atoms with E-state index >= 15 is 0 Å². The van der Waals surface area contributed by atoms with Crippen LogP contribution in [0.4, 0.5) is 0 Å². The summed E-state index contributed by atoms with van der Waals surface area (Å²) in [4.78, 5) is 14.9. The second-order valence-corrected chi connectivity index (χ2v) is 4.99. The number of fused-ring (bicyclic) bond motifs is 1. The van der Waals surface area contributed by atoms with Gasteiger partial charge in [-0.3, -0.25) is 4.79 Å². The number of esters is 1. The first-order chi connectivity index (χ1) is 9.22. The first-order valence-corrected chi connectivity index (χ1v) is 7.00. The highest BCUT2D eigenvalue weighted by Crippen LogP contribution is 2.26. The molecule has 0 spiro atoms. The molecule has 0 aliphatic carbocycles. The molecule has 0 fully saturated rings. The molecule has 2 aromatic rings. The van der Waals surface area contributed by atoms with E-state index in [0.29, 0.717) is 11.6 Å². The molecular formula is C15H18ClNO2. The van der Waals surface area contributed by atoms with Crippen LogP contribution < -0.4 is 0 Å². The van der Waals surface area contributed by atoms with Crippen LogP contribution in [0.3, 0.4) is 0 Å². The van der Waals surface area contributed by atoms with Crippen molar-refractivity contribution in [3.05, 3.63) is 35.0 Å². The largest absolute Gasteiger partial charge is 0.465 e. The summed E-state index contributed by atoms with van der Waals surface area (Å²) < 4.78 is 5.21. The van der Waals surface area contributed by atoms with Gasteiger partial charge in [-0.2, -0.15) is 0 Å². The standard InChI is InChI=1S/C15H18ClNO2/c1-2-3-4-8-19-14(18)9-11-10-17-13-7-5-6-12(16)15(11)13/h5-7,10,17H,2-4,8-9H2,1H3. The maximum Gasteiger partial charge on any atom is 0.310 e. The SMILES string of the molecule is CCCCCOC(=O)Cc1c[nH]c2cccc(Cl)c12. The number of ether oxygens (including phenoxy) is 1. The topological polar surface area (TPSA) is 42.1 Å². The van der Waals surface area contributed by atoms with Crippen molar-refractivity contribution >= 4 is 28.5 Å². The second kappa shape index (κ2) is 6.62. The Bertz CT molecular complexity index is 562. The van der Waals surface area contributed by atoms with Crippen molar-refractivity contribution in [2.45, 2.75) is 32.6 Å². The van der Waals surface area contributed by atoms with Crippen LogP contribution in [0.5, 0.6) is 0 Å². The van der Waals surface area contributed by atoms with Crippen LogP contribution in [-0.4, -0.2) is 17.6 Å². The van der Waals surface area contributed by atoms with E-state index in [1.54, 1.807) is 0 Å². The number of carbonyl (C=O) groups is 1. The predicted octanol–water partition coefficient (Wildman–Crippen LogP) is 4.10. The summed E-state index contributed by atoms with van der Waals surface area (Å²) >= 11 is 6.16. The first kappa shape index (κ1) is 13.9. The van der Waals surface area contributed by atoms with Crippen molar-refractivity contribution in [2.75, 3.05) is 6.61 Å². The average molecular weight is 280 g/mol. The maximum absolute atomic E-state index is 11.7. The third-order valence-electron chi connectivity index (χ3n) is 3.08. The average Bonchev–Trinajstić information content (AvgIpc) is 2.79. The summed E-state index contributed by atoms with van der Waals surface area (Å²) in [6.07, 6.45) is 5.22. The Kier molecular flexibility index (Phi) is 4.86. The van der Waals surface area contributed by atoms with Gasteiger partial charge in [0.15, 0.2) is 0 Å². The third kappa shape index (κ3) is 3.51. The molecule has 1 aromatic heterocycles. The molecule has 0 bridgehead atoms. The lowest BCUT2D eigenvalue weighted by Crippen LogP contribution is -2.08. The fourth-order valence-corrected chi connectivity index (χ4v) is 2.39. The lowest BCUT2D eigenvalue weighted by Gasteiger charge is -2.04. The molecule has 1 aromatic carbocycles. The lowest BCUT2D eigenvalue weighted by atomic mass is 10.1. The van der Waals surface area contributed by atoms with Crippen LogP contribution in [0.15, 0.2) is 24.4 Å². The number of carbonyl (C=O) groups excluding carboxylic acids is 1. The Balaban J connectivity index is 1.99. The molecule has 0 aliphatic rings. The van der Waals surface area contributed by atoms with Gasteiger partial charge in [0.05, 0.1) is 18.1 Å². The monoisotopic (exact) mass is 279 g/mol. The van der Waals surface area contributed by atoms with Gasteiger partial charge in [0, 0.05) is 17.1 Å². The van der Waals surface area contributed by atoms with Gasteiger partial charge < -0.3 is 9.72 Å². The van der Waals surface area contributed by atoms with Gasteiger partial charge in [-0.1, -0.05) is 37.4 Å². The van der Waals surface area contributed by atoms with Crippen molar-refractivity contribution in [3.63, 3.8) is 0 Å². The van der Waals surface area contributed by atoms with E-state index in [-0.39, 0.29) is 12.4 Å². The molecule has 0 saturated carbocycles. The van der Waals surface area contributed by atoms with E-state index in [2.05, 4.69) is 11.9 Å². The number of benzene rings is 1. The van der Waals surface area contributed by atoms with Gasteiger partial charge >= 0.3 is 5.97 Å². The minimum absolute atomic E-state index is 0.197. The minimum Gasteiger partial charge on any atom is -0.465 e. The molecular weight excluding hydrogens is 262 g/mol. The van der Waals surface area contributed by atoms with Crippen LogP contribution in [-0.2, 0) is 16.0 Å². The lowest BCUT2D eigenvalue weighted by molar-refractivity contribution is -0.142. The summed E-state index contributed by atoms with van der Waals surface area (Å²) in [7, 11) is 0. The number of unbranched alkanes of at least 4 members (excludes halogenated alkanes) is 2. The fourth-order valence-electron chi connectivity index (χ4n) is 2.09. The number of aromatic amines is 1. The number of hydrogen-bond acceptors (Lipinski definition) is 2. The van der Waals surface area contributed by atoms with Gasteiger partial charge in [-0.15, -0.1) is 0 Å². The highest BCUT2D eigenvalue weighted by molar-refractivity contribution is 6.35. The summed E-state index contributed by atoms with van der Waals surface area (Å²) in [5.41, 5.74) is 1.84. The Labute approximate surface area is 117 Å². The summed E-state index contributed by atoms with van der Waals surface area (Å²) in [6, 6.07) is 5.65. The van der Waals surface area contributed by atoms with Gasteiger partial charge in [0.1, 0.15) is 0 Å². The number of aromatic nitrogens is 1. The van der Waals surface area contributed by atoms with Crippen molar-refractivity contribution in [2.24, 2.45) is 0 Å². The number of halogens is 1. The van der Waals surface area contributed by atoms with Crippen molar-refractivity contribution in [1.82, 2.24) is 4.98 Å². The molecule has 0 amide bonds. The second-order valence-electron chi connectivity index (χ2n) is 4.58. The molecule has 102 valence electrons. The van der Waals surface area contributed by atoms with Crippen LogP contribution in [0.25, 0.3) is 10.9 Å². The van der Waals surface area contributed by atoms with Crippen LogP contribution >= 0.6 is 11.6 Å². The summed E-state index contributed by atoms with van der Waals surface area (Å²) in [5, 5.41) is 1.57. The number of nitrogens with one attached hydrogen (secondary N) is 1. The smallest absolute Gasteiger partial charge is 0.310 e. The number of H-pyrrole nitrogens is 1. The third-order valence-corrected chi connectivity index (χ3v) is 3.40. The summed E-state index contributed by atoms with van der Waals surface area (Å²) in [6.45, 7) is 2.62. The zero-order chi connectivity index (χ0) is 13.7. The molecule has 0 atom stereocenters. The maximum atomic E-state index is 11.7. The highest BCUT2D eigenvalue weighted by Gasteiger charge is 2.11. The molecule has 1 N–H and O–H groups in total. The van der Waals surface area contributed by atoms with Crippen molar-refractivity contribution < 1.29 is 9.53 Å². The molecule has 0 aliphatic heterocycles. The Hall–Kier alpha value is -1.48. The molecule has 1 heterocycles. The van der Waals surface area contributed by atoms with Gasteiger partial charge in [-0.05, 0) is 24.1 Å². The normalized spacial score (nSPS) is 10.8. The number of rotatable bonds is 6. The van der Waals surface area contributed by atoms with E-state index in [4.69, 9.17) is 16.3 Å². The summed E-state index contributed by atoms with van der Waals surface area (Å²) in [5.74, 6) is -0.197. The quantitative estimate of drug-likeness (QED) is 0.639. The van der Waals surface area contributed by atoms with Crippen molar-refractivity contribution in [3.8, 4) is 0 Å². The molecule has 2 rings (SSSR count). The Morgan fingerprint density at radius 3 is 3.00 bits per heavy atom. The number of hydrogen-bond donors (Lipinski definition) is 1. The van der Waals surface area contributed by atoms with Gasteiger partial charge in [0.25, 0.3) is 0 Å². The molecule has 19 heavy (non-hydrogen) atoms. The molecule has 4 heteroatoms. The van der Waals surface area contributed by atoms with E-state index in [9.17, 15) is 4.79 Å². The Morgan fingerprint density at radius 1 is 1.37 bits per heavy atom.